The molecule has 1 aliphatic rings. The Morgan fingerprint density at radius 3 is 2.44 bits per heavy atom. The van der Waals surface area contributed by atoms with Gasteiger partial charge in [0.15, 0.2) is 0 Å². The van der Waals surface area contributed by atoms with Crippen molar-refractivity contribution in [1.82, 2.24) is 14.8 Å². The summed E-state index contributed by atoms with van der Waals surface area (Å²) in [6, 6.07) is 10.3. The molecule has 1 N–H and O–H groups in total. The molecule has 0 saturated carbocycles. The van der Waals surface area contributed by atoms with Gasteiger partial charge in [0.05, 0.1) is 12.7 Å². The number of hydrogen-bond donors (Lipinski definition) is 1. The highest BCUT2D eigenvalue weighted by Gasteiger charge is 2.19. The van der Waals surface area contributed by atoms with Gasteiger partial charge < -0.3 is 15.0 Å². The zero-order valence-electron chi connectivity index (χ0n) is 14.6. The summed E-state index contributed by atoms with van der Waals surface area (Å²) < 4.78 is 6.61. The van der Waals surface area contributed by atoms with Crippen LogP contribution in [0.15, 0.2) is 47.4 Å². The van der Waals surface area contributed by atoms with E-state index in [1.165, 1.54) is 10.6 Å². The fourth-order valence-corrected chi connectivity index (χ4v) is 2.99. The summed E-state index contributed by atoms with van der Waals surface area (Å²) in [5.74, 6) is 0.574. The van der Waals surface area contributed by atoms with Gasteiger partial charge in [-0.25, -0.2) is 0 Å². The Bertz CT molecular complexity index is 790. The Morgan fingerprint density at radius 2 is 1.80 bits per heavy atom. The number of likely N-dealkylation sites (tertiary alicyclic amines) is 1. The van der Waals surface area contributed by atoms with Crippen LogP contribution in [-0.2, 0) is 0 Å². The molecular formula is C19H23N3O3. The van der Waals surface area contributed by atoms with Crippen molar-refractivity contribution in [2.75, 3.05) is 27.2 Å². The van der Waals surface area contributed by atoms with E-state index in [4.69, 9.17) is 4.74 Å². The second-order valence-electron chi connectivity index (χ2n) is 6.38. The number of pyridine rings is 1. The number of ether oxygens (including phenoxy) is 1. The molecule has 1 saturated heterocycles. The van der Waals surface area contributed by atoms with Crippen LogP contribution in [0.5, 0.6) is 5.75 Å². The molecule has 0 atom stereocenters. The van der Waals surface area contributed by atoms with Crippen molar-refractivity contribution in [3.05, 3.63) is 58.5 Å². The van der Waals surface area contributed by atoms with E-state index < -0.39 is 0 Å². The third kappa shape index (κ3) is 4.09. The number of carbonyl (C=O) groups excluding carboxylic acids is 1. The average molecular weight is 341 g/mol. The number of rotatable bonds is 4. The van der Waals surface area contributed by atoms with Crippen LogP contribution in [0.3, 0.4) is 0 Å². The molecule has 0 bridgehead atoms. The van der Waals surface area contributed by atoms with Gasteiger partial charge in [-0.05, 0) is 63.3 Å². The Kier molecular flexibility index (Phi) is 5.19. The lowest BCUT2D eigenvalue weighted by Crippen LogP contribution is -2.43. The van der Waals surface area contributed by atoms with Crippen LogP contribution in [0.1, 0.15) is 23.2 Å². The third-order valence-electron chi connectivity index (χ3n) is 4.58. The Hall–Kier alpha value is -2.60. The third-order valence-corrected chi connectivity index (χ3v) is 4.58. The minimum absolute atomic E-state index is 0.142. The number of hydrogen-bond acceptors (Lipinski definition) is 4. The maximum Gasteiger partial charge on any atom is 0.255 e. The second-order valence-corrected chi connectivity index (χ2v) is 6.38. The summed E-state index contributed by atoms with van der Waals surface area (Å²) in [5.41, 5.74) is 0.995. The highest BCUT2D eigenvalue weighted by atomic mass is 16.5. The maximum absolute atomic E-state index is 12.5. The molecule has 132 valence electrons. The van der Waals surface area contributed by atoms with Crippen molar-refractivity contribution in [2.24, 2.45) is 0 Å². The van der Waals surface area contributed by atoms with Crippen molar-refractivity contribution in [3.8, 4) is 11.4 Å². The minimum Gasteiger partial charge on any atom is -0.497 e. The fraction of sp³-hybridized carbons (Fsp3) is 0.368. The molecule has 0 spiro atoms. The number of nitrogens with one attached hydrogen (secondary N) is 1. The van der Waals surface area contributed by atoms with Crippen molar-refractivity contribution in [3.63, 3.8) is 0 Å². The molecule has 6 heteroatoms. The zero-order valence-corrected chi connectivity index (χ0v) is 14.6. The Morgan fingerprint density at radius 1 is 1.12 bits per heavy atom. The van der Waals surface area contributed by atoms with Gasteiger partial charge in [-0.1, -0.05) is 0 Å². The van der Waals surface area contributed by atoms with Gasteiger partial charge >= 0.3 is 0 Å². The van der Waals surface area contributed by atoms with Crippen molar-refractivity contribution in [2.45, 2.75) is 18.9 Å². The maximum atomic E-state index is 12.5. The van der Waals surface area contributed by atoms with E-state index >= 15 is 0 Å². The first-order valence-corrected chi connectivity index (χ1v) is 8.43. The Labute approximate surface area is 147 Å². The minimum atomic E-state index is -0.180. The van der Waals surface area contributed by atoms with E-state index in [1.54, 1.807) is 43.6 Å². The molecule has 1 aromatic carbocycles. The van der Waals surface area contributed by atoms with E-state index in [1.807, 2.05) is 0 Å². The van der Waals surface area contributed by atoms with Gasteiger partial charge in [0, 0.05) is 24.0 Å². The van der Waals surface area contributed by atoms with Crippen LogP contribution in [0, 0.1) is 0 Å². The molecule has 0 unspecified atom stereocenters. The van der Waals surface area contributed by atoms with Crippen LogP contribution >= 0.6 is 0 Å². The number of piperidine rings is 1. The van der Waals surface area contributed by atoms with Crippen LogP contribution in [-0.4, -0.2) is 48.7 Å². The lowest BCUT2D eigenvalue weighted by atomic mass is 10.1. The van der Waals surface area contributed by atoms with Gasteiger partial charge in [0.2, 0.25) is 0 Å². The lowest BCUT2D eigenvalue weighted by molar-refractivity contribution is 0.0916. The van der Waals surface area contributed by atoms with Crippen molar-refractivity contribution in [1.29, 1.82) is 0 Å². The van der Waals surface area contributed by atoms with Crippen LogP contribution < -0.4 is 15.6 Å². The molecule has 1 aromatic heterocycles. The van der Waals surface area contributed by atoms with Gasteiger partial charge in [-0.3, -0.25) is 14.2 Å². The first-order valence-electron chi connectivity index (χ1n) is 8.43. The van der Waals surface area contributed by atoms with E-state index in [0.29, 0.717) is 17.0 Å². The van der Waals surface area contributed by atoms with Crippen LogP contribution in [0.4, 0.5) is 0 Å². The molecule has 1 aliphatic heterocycles. The number of methoxy groups -OCH3 is 1. The second kappa shape index (κ2) is 7.53. The van der Waals surface area contributed by atoms with Gasteiger partial charge in [0.1, 0.15) is 5.75 Å². The Balaban J connectivity index is 1.78. The molecule has 0 radical (unpaired) electrons. The molecule has 2 heterocycles. The smallest absolute Gasteiger partial charge is 0.255 e. The summed E-state index contributed by atoms with van der Waals surface area (Å²) in [7, 11) is 3.68. The molecule has 25 heavy (non-hydrogen) atoms. The molecule has 3 rings (SSSR count). The number of amides is 1. The van der Waals surface area contributed by atoms with E-state index in [2.05, 4.69) is 17.3 Å². The lowest BCUT2D eigenvalue weighted by Gasteiger charge is -2.29. The highest BCUT2D eigenvalue weighted by molar-refractivity contribution is 5.94. The first kappa shape index (κ1) is 17.2. The normalized spacial score (nSPS) is 15.8. The quantitative estimate of drug-likeness (QED) is 0.919. The number of benzene rings is 1. The predicted octanol–water partition coefficient (Wildman–Crippen LogP) is 1.67. The molecule has 1 amide bonds. The SMILES string of the molecule is COc1ccc(-n2cc(C(=O)NC3CCN(C)CC3)ccc2=O)cc1. The monoisotopic (exact) mass is 341 g/mol. The van der Waals surface area contributed by atoms with Gasteiger partial charge in [-0.15, -0.1) is 0 Å². The fourth-order valence-electron chi connectivity index (χ4n) is 2.99. The number of aromatic nitrogens is 1. The van der Waals surface area contributed by atoms with Crippen molar-refractivity contribution >= 4 is 5.91 Å². The standard InChI is InChI=1S/C19H23N3O3/c1-21-11-9-15(10-12-21)20-19(24)14-3-8-18(23)22(13-14)16-4-6-17(25-2)7-5-16/h3-8,13,15H,9-12H2,1-2H3,(H,20,24). The summed E-state index contributed by atoms with van der Waals surface area (Å²) >= 11 is 0. The van der Waals surface area contributed by atoms with E-state index in [9.17, 15) is 9.59 Å². The molecule has 1 fully saturated rings. The number of carbonyl (C=O) groups is 1. The molecule has 0 aliphatic carbocycles. The highest BCUT2D eigenvalue weighted by Crippen LogP contribution is 2.14. The number of nitrogens with zero attached hydrogens (tertiary/aromatic N) is 2. The van der Waals surface area contributed by atoms with Crippen molar-refractivity contribution < 1.29 is 9.53 Å². The molecular weight excluding hydrogens is 318 g/mol. The first-order chi connectivity index (χ1) is 12.1. The van der Waals surface area contributed by atoms with Gasteiger partial charge in [-0.2, -0.15) is 0 Å². The largest absolute Gasteiger partial charge is 0.497 e. The van der Waals surface area contributed by atoms with E-state index in [-0.39, 0.29) is 17.5 Å². The summed E-state index contributed by atoms with van der Waals surface area (Å²) in [6.07, 6.45) is 3.48. The summed E-state index contributed by atoms with van der Waals surface area (Å²) in [5, 5.41) is 3.07. The zero-order chi connectivity index (χ0) is 17.8. The summed E-state index contributed by atoms with van der Waals surface area (Å²) in [4.78, 5) is 27.0. The van der Waals surface area contributed by atoms with Crippen LogP contribution in [0.25, 0.3) is 5.69 Å². The molecule has 6 nitrogen and oxygen atoms in total. The topological polar surface area (TPSA) is 63.6 Å². The summed E-state index contributed by atoms with van der Waals surface area (Å²) in [6.45, 7) is 1.96. The average Bonchev–Trinajstić information content (AvgIpc) is 2.64. The van der Waals surface area contributed by atoms with Crippen LogP contribution in [0.2, 0.25) is 0 Å². The van der Waals surface area contributed by atoms with Gasteiger partial charge in [0.25, 0.3) is 11.5 Å². The molecule has 2 aromatic rings. The predicted molar refractivity (Wildman–Crippen MR) is 96.6 cm³/mol. The van der Waals surface area contributed by atoms with E-state index in [0.717, 1.165) is 25.9 Å².